The standard InChI is InChI=1S/C14H24BrN3/c1-3-9-18-14(12(15)10-17-18)8-7-13(16-4-2)11-5-6-11/h10-11,13,16H,3-9H2,1-2H3. The van der Waals surface area contributed by atoms with Crippen molar-refractivity contribution in [3.63, 3.8) is 0 Å². The first kappa shape index (κ1) is 14.1. The van der Waals surface area contributed by atoms with Gasteiger partial charge in [0.05, 0.1) is 16.4 Å². The van der Waals surface area contributed by atoms with E-state index < -0.39 is 0 Å². The van der Waals surface area contributed by atoms with Crippen molar-refractivity contribution < 1.29 is 0 Å². The highest BCUT2D eigenvalue weighted by atomic mass is 79.9. The highest BCUT2D eigenvalue weighted by molar-refractivity contribution is 9.10. The van der Waals surface area contributed by atoms with Gasteiger partial charge in [-0.25, -0.2) is 0 Å². The van der Waals surface area contributed by atoms with Gasteiger partial charge in [0.1, 0.15) is 0 Å². The summed E-state index contributed by atoms with van der Waals surface area (Å²) in [6.45, 7) is 6.50. The number of hydrogen-bond acceptors (Lipinski definition) is 2. The van der Waals surface area contributed by atoms with Gasteiger partial charge in [-0.1, -0.05) is 13.8 Å². The number of nitrogens with zero attached hydrogens (tertiary/aromatic N) is 2. The minimum absolute atomic E-state index is 0.701. The first-order chi connectivity index (χ1) is 8.76. The molecule has 18 heavy (non-hydrogen) atoms. The lowest BCUT2D eigenvalue weighted by Gasteiger charge is -2.17. The second kappa shape index (κ2) is 6.71. The predicted octanol–water partition coefficient (Wildman–Crippen LogP) is 3.38. The Labute approximate surface area is 118 Å². The first-order valence-corrected chi connectivity index (χ1v) is 7.99. The molecule has 1 fully saturated rings. The van der Waals surface area contributed by atoms with Crippen molar-refractivity contribution in [2.75, 3.05) is 6.54 Å². The Balaban J connectivity index is 1.93. The van der Waals surface area contributed by atoms with Crippen molar-refractivity contribution in [3.8, 4) is 0 Å². The average molecular weight is 314 g/mol. The van der Waals surface area contributed by atoms with Gasteiger partial charge >= 0.3 is 0 Å². The summed E-state index contributed by atoms with van der Waals surface area (Å²) >= 11 is 3.63. The lowest BCUT2D eigenvalue weighted by atomic mass is 10.1. The molecule has 0 saturated heterocycles. The molecular formula is C14H24BrN3. The SMILES string of the molecule is CCCn1ncc(Br)c1CCC(NCC)C1CC1. The third kappa shape index (κ3) is 3.58. The summed E-state index contributed by atoms with van der Waals surface area (Å²) in [6, 6.07) is 0.701. The lowest BCUT2D eigenvalue weighted by molar-refractivity contribution is 0.437. The maximum Gasteiger partial charge on any atom is 0.0635 e. The van der Waals surface area contributed by atoms with E-state index >= 15 is 0 Å². The second-order valence-corrected chi connectivity index (χ2v) is 6.06. The Hall–Kier alpha value is -0.350. The van der Waals surface area contributed by atoms with Crippen LogP contribution < -0.4 is 5.32 Å². The summed E-state index contributed by atoms with van der Waals surface area (Å²) in [6.07, 6.45) is 8.24. The van der Waals surface area contributed by atoms with Crippen molar-refractivity contribution in [1.29, 1.82) is 0 Å². The van der Waals surface area contributed by atoms with Crippen LogP contribution in [0.1, 0.15) is 45.2 Å². The summed E-state index contributed by atoms with van der Waals surface area (Å²) in [5, 5.41) is 8.07. The molecule has 1 N–H and O–H groups in total. The molecule has 1 aromatic rings. The van der Waals surface area contributed by atoms with E-state index in [9.17, 15) is 0 Å². The minimum Gasteiger partial charge on any atom is -0.314 e. The predicted molar refractivity (Wildman–Crippen MR) is 78.7 cm³/mol. The molecule has 1 atom stereocenters. The molecule has 0 amide bonds. The molecule has 102 valence electrons. The van der Waals surface area contributed by atoms with Crippen LogP contribution in [0.4, 0.5) is 0 Å². The molecule has 1 saturated carbocycles. The Morgan fingerprint density at radius 1 is 1.50 bits per heavy atom. The van der Waals surface area contributed by atoms with Gasteiger partial charge in [0.15, 0.2) is 0 Å². The maximum atomic E-state index is 4.44. The number of aryl methyl sites for hydroxylation is 1. The number of hydrogen-bond donors (Lipinski definition) is 1. The summed E-state index contributed by atoms with van der Waals surface area (Å²) in [4.78, 5) is 0. The highest BCUT2D eigenvalue weighted by Crippen LogP contribution is 2.34. The monoisotopic (exact) mass is 313 g/mol. The normalized spacial score (nSPS) is 17.1. The van der Waals surface area contributed by atoms with Gasteiger partial charge in [0.2, 0.25) is 0 Å². The van der Waals surface area contributed by atoms with Crippen molar-refractivity contribution in [2.45, 2.75) is 58.5 Å². The molecule has 0 aliphatic heterocycles. The average Bonchev–Trinajstić information content (AvgIpc) is 3.13. The Kier molecular flexibility index (Phi) is 5.25. The molecule has 0 radical (unpaired) electrons. The number of halogens is 1. The molecule has 1 aliphatic carbocycles. The fraction of sp³-hybridized carbons (Fsp3) is 0.786. The van der Waals surface area contributed by atoms with Gasteiger partial charge in [0.25, 0.3) is 0 Å². The van der Waals surface area contributed by atoms with Gasteiger partial charge in [-0.2, -0.15) is 5.10 Å². The van der Waals surface area contributed by atoms with Crippen LogP contribution in [0.15, 0.2) is 10.7 Å². The van der Waals surface area contributed by atoms with Crippen LogP contribution in [0.25, 0.3) is 0 Å². The number of aromatic nitrogens is 2. The van der Waals surface area contributed by atoms with E-state index in [1.54, 1.807) is 0 Å². The molecule has 0 aromatic carbocycles. The summed E-state index contributed by atoms with van der Waals surface area (Å²) < 4.78 is 3.32. The summed E-state index contributed by atoms with van der Waals surface area (Å²) in [7, 11) is 0. The van der Waals surface area contributed by atoms with Crippen LogP contribution in [-0.2, 0) is 13.0 Å². The van der Waals surface area contributed by atoms with E-state index in [4.69, 9.17) is 0 Å². The van der Waals surface area contributed by atoms with E-state index in [1.165, 1.54) is 29.4 Å². The van der Waals surface area contributed by atoms with Gasteiger partial charge < -0.3 is 5.32 Å². The van der Waals surface area contributed by atoms with Gasteiger partial charge in [-0.05, 0) is 60.5 Å². The molecular weight excluding hydrogens is 290 g/mol. The largest absolute Gasteiger partial charge is 0.314 e. The lowest BCUT2D eigenvalue weighted by Crippen LogP contribution is -2.31. The van der Waals surface area contributed by atoms with Crippen LogP contribution in [0.5, 0.6) is 0 Å². The van der Waals surface area contributed by atoms with Crippen LogP contribution in [0.3, 0.4) is 0 Å². The van der Waals surface area contributed by atoms with Crippen molar-refractivity contribution in [2.24, 2.45) is 5.92 Å². The van der Waals surface area contributed by atoms with Crippen molar-refractivity contribution >= 4 is 15.9 Å². The third-order valence-electron chi connectivity index (χ3n) is 3.68. The maximum absolute atomic E-state index is 4.44. The zero-order valence-corrected chi connectivity index (χ0v) is 13.0. The first-order valence-electron chi connectivity index (χ1n) is 7.19. The molecule has 1 unspecified atom stereocenters. The molecule has 1 aromatic heterocycles. The fourth-order valence-corrected chi connectivity index (χ4v) is 3.09. The highest BCUT2D eigenvalue weighted by Gasteiger charge is 2.30. The zero-order chi connectivity index (χ0) is 13.0. The molecule has 1 aliphatic rings. The summed E-state index contributed by atoms with van der Waals surface area (Å²) in [5.74, 6) is 0.922. The van der Waals surface area contributed by atoms with Crippen LogP contribution in [-0.4, -0.2) is 22.4 Å². The van der Waals surface area contributed by atoms with E-state index in [0.29, 0.717) is 6.04 Å². The second-order valence-electron chi connectivity index (χ2n) is 5.20. The van der Waals surface area contributed by atoms with Crippen LogP contribution >= 0.6 is 15.9 Å². The van der Waals surface area contributed by atoms with E-state index in [-0.39, 0.29) is 0 Å². The van der Waals surface area contributed by atoms with Crippen molar-refractivity contribution in [3.05, 3.63) is 16.4 Å². The van der Waals surface area contributed by atoms with Gasteiger partial charge in [0, 0.05) is 12.6 Å². The van der Waals surface area contributed by atoms with Gasteiger partial charge in [-0.3, -0.25) is 4.68 Å². The van der Waals surface area contributed by atoms with Gasteiger partial charge in [-0.15, -0.1) is 0 Å². The quantitative estimate of drug-likeness (QED) is 0.797. The Morgan fingerprint density at radius 2 is 2.28 bits per heavy atom. The van der Waals surface area contributed by atoms with Crippen LogP contribution in [0.2, 0.25) is 0 Å². The van der Waals surface area contributed by atoms with Crippen LogP contribution in [0, 0.1) is 5.92 Å². The molecule has 1 heterocycles. The molecule has 2 rings (SSSR count). The molecule has 3 nitrogen and oxygen atoms in total. The topological polar surface area (TPSA) is 29.9 Å². The third-order valence-corrected chi connectivity index (χ3v) is 4.35. The molecule has 0 bridgehead atoms. The van der Waals surface area contributed by atoms with E-state index in [0.717, 1.165) is 31.8 Å². The number of nitrogens with one attached hydrogen (secondary N) is 1. The van der Waals surface area contributed by atoms with E-state index in [1.807, 2.05) is 6.20 Å². The van der Waals surface area contributed by atoms with E-state index in [2.05, 4.69) is 44.9 Å². The Morgan fingerprint density at radius 3 is 2.89 bits per heavy atom. The smallest absolute Gasteiger partial charge is 0.0635 e. The summed E-state index contributed by atoms with van der Waals surface area (Å²) in [5.41, 5.74) is 1.36. The van der Waals surface area contributed by atoms with Crippen molar-refractivity contribution in [1.82, 2.24) is 15.1 Å². The molecule has 0 spiro atoms. The zero-order valence-electron chi connectivity index (χ0n) is 11.5. The number of rotatable bonds is 8. The molecule has 4 heteroatoms. The fourth-order valence-electron chi connectivity index (χ4n) is 2.60. The Bertz CT molecular complexity index is 371. The minimum atomic E-state index is 0.701.